The monoisotopic (exact) mass is 350 g/mol. The predicted octanol–water partition coefficient (Wildman–Crippen LogP) is -0.148. The van der Waals surface area contributed by atoms with Crippen molar-refractivity contribution in [3.63, 3.8) is 0 Å². The van der Waals surface area contributed by atoms with Gasteiger partial charge in [-0.25, -0.2) is 4.98 Å². The molecule has 2 amide bonds. The normalized spacial score (nSPS) is 14.5. The molecule has 2 rings (SSSR count). The van der Waals surface area contributed by atoms with Crippen LogP contribution in [0.4, 0.5) is 5.82 Å². The van der Waals surface area contributed by atoms with Crippen molar-refractivity contribution in [2.24, 2.45) is 0 Å². The van der Waals surface area contributed by atoms with Crippen molar-refractivity contribution in [2.75, 3.05) is 71.6 Å². The van der Waals surface area contributed by atoms with Crippen LogP contribution in [0.1, 0.15) is 0 Å². The molecule has 0 bridgehead atoms. The average Bonchev–Trinajstić information content (AvgIpc) is 2.68. The number of hydrogen-bond acceptors (Lipinski definition) is 6. The Morgan fingerprint density at radius 2 is 1.72 bits per heavy atom. The summed E-state index contributed by atoms with van der Waals surface area (Å²) in [6.45, 7) is 3.84. The van der Waals surface area contributed by atoms with E-state index in [1.165, 1.54) is 4.90 Å². The fourth-order valence-corrected chi connectivity index (χ4v) is 2.67. The topological polar surface area (TPSA) is 75.2 Å². The Bertz CT molecular complexity index is 539. The molecular weight excluding hydrogens is 324 g/mol. The Hall–Kier alpha value is -2.19. The molecule has 0 atom stereocenters. The van der Waals surface area contributed by atoms with E-state index in [2.05, 4.69) is 9.88 Å². The number of pyridine rings is 1. The van der Waals surface area contributed by atoms with E-state index in [1.54, 1.807) is 25.3 Å². The van der Waals surface area contributed by atoms with E-state index in [4.69, 9.17) is 9.47 Å². The largest absolute Gasteiger partial charge is 0.383 e. The van der Waals surface area contributed by atoms with Gasteiger partial charge in [-0.2, -0.15) is 0 Å². The summed E-state index contributed by atoms with van der Waals surface area (Å²) in [6, 6.07) is 5.75. The van der Waals surface area contributed by atoms with Crippen molar-refractivity contribution in [3.05, 3.63) is 24.4 Å². The second kappa shape index (κ2) is 9.95. The lowest BCUT2D eigenvalue weighted by molar-refractivity contribution is -0.152. The van der Waals surface area contributed by atoms with Crippen molar-refractivity contribution in [1.82, 2.24) is 14.8 Å². The van der Waals surface area contributed by atoms with Gasteiger partial charge in [0.2, 0.25) is 0 Å². The molecule has 0 radical (unpaired) electrons. The number of nitrogens with zero attached hydrogens (tertiary/aromatic N) is 4. The van der Waals surface area contributed by atoms with Gasteiger partial charge in [-0.15, -0.1) is 0 Å². The van der Waals surface area contributed by atoms with Crippen LogP contribution in [0.25, 0.3) is 0 Å². The van der Waals surface area contributed by atoms with Crippen molar-refractivity contribution < 1.29 is 19.1 Å². The van der Waals surface area contributed by atoms with Crippen LogP contribution in [-0.2, 0) is 19.1 Å². The third kappa shape index (κ3) is 5.40. The highest BCUT2D eigenvalue weighted by molar-refractivity contribution is 6.34. The van der Waals surface area contributed by atoms with E-state index in [0.29, 0.717) is 52.5 Å². The number of piperazine rings is 1. The lowest BCUT2D eigenvalue weighted by Crippen LogP contribution is -2.54. The highest BCUT2D eigenvalue weighted by atomic mass is 16.5. The Kier molecular flexibility index (Phi) is 7.62. The van der Waals surface area contributed by atoms with E-state index in [-0.39, 0.29) is 0 Å². The van der Waals surface area contributed by atoms with Gasteiger partial charge in [0, 0.05) is 59.7 Å². The molecule has 1 aliphatic rings. The average molecular weight is 350 g/mol. The summed E-state index contributed by atoms with van der Waals surface area (Å²) in [7, 11) is 3.13. The fraction of sp³-hybridized carbons (Fsp3) is 0.588. The molecule has 0 aliphatic carbocycles. The molecule has 8 heteroatoms. The van der Waals surface area contributed by atoms with Gasteiger partial charge < -0.3 is 24.2 Å². The number of carbonyl (C=O) groups is 2. The quantitative estimate of drug-likeness (QED) is 0.637. The Balaban J connectivity index is 1.90. The van der Waals surface area contributed by atoms with E-state index < -0.39 is 11.8 Å². The van der Waals surface area contributed by atoms with Gasteiger partial charge in [-0.1, -0.05) is 6.07 Å². The smallest absolute Gasteiger partial charge is 0.312 e. The molecule has 0 saturated carbocycles. The number of amides is 2. The summed E-state index contributed by atoms with van der Waals surface area (Å²) < 4.78 is 10.0. The van der Waals surface area contributed by atoms with Gasteiger partial charge in [0.15, 0.2) is 0 Å². The number of carbonyl (C=O) groups excluding carboxylic acids is 2. The molecule has 8 nitrogen and oxygen atoms in total. The lowest BCUT2D eigenvalue weighted by atomic mass is 10.3. The Morgan fingerprint density at radius 1 is 1.08 bits per heavy atom. The number of ether oxygens (including phenoxy) is 2. The summed E-state index contributed by atoms with van der Waals surface area (Å²) in [6.07, 6.45) is 1.75. The van der Waals surface area contributed by atoms with Crippen LogP contribution >= 0.6 is 0 Å². The zero-order chi connectivity index (χ0) is 18.1. The van der Waals surface area contributed by atoms with Crippen molar-refractivity contribution in [2.45, 2.75) is 0 Å². The highest BCUT2D eigenvalue weighted by Crippen LogP contribution is 2.13. The zero-order valence-corrected chi connectivity index (χ0v) is 14.9. The number of hydrogen-bond donors (Lipinski definition) is 0. The predicted molar refractivity (Wildman–Crippen MR) is 93.4 cm³/mol. The van der Waals surface area contributed by atoms with Gasteiger partial charge >= 0.3 is 11.8 Å². The van der Waals surface area contributed by atoms with Gasteiger partial charge in [0.25, 0.3) is 0 Å². The van der Waals surface area contributed by atoms with Crippen molar-refractivity contribution >= 4 is 17.6 Å². The van der Waals surface area contributed by atoms with Crippen LogP contribution in [0, 0.1) is 0 Å². The molecule has 1 aromatic rings. The molecule has 2 heterocycles. The minimum Gasteiger partial charge on any atom is -0.383 e. The number of rotatable bonds is 7. The molecule has 0 aromatic carbocycles. The standard InChI is InChI=1S/C17H26N4O4/c1-24-13-11-21(12-14-25-2)17(23)16(22)20-9-7-19(8-10-20)15-5-3-4-6-18-15/h3-6H,7-14H2,1-2H3. The third-order valence-electron chi connectivity index (χ3n) is 4.14. The van der Waals surface area contributed by atoms with Crippen LogP contribution < -0.4 is 4.90 Å². The number of aromatic nitrogens is 1. The van der Waals surface area contributed by atoms with Crippen LogP contribution in [-0.4, -0.2) is 93.3 Å². The second-order valence-electron chi connectivity index (χ2n) is 5.74. The lowest BCUT2D eigenvalue weighted by Gasteiger charge is -2.35. The van der Waals surface area contributed by atoms with Crippen LogP contribution in [0.5, 0.6) is 0 Å². The molecule has 1 fully saturated rings. The van der Waals surface area contributed by atoms with Crippen molar-refractivity contribution in [3.8, 4) is 0 Å². The minimum absolute atomic E-state index is 0.373. The highest BCUT2D eigenvalue weighted by Gasteiger charge is 2.29. The summed E-state index contributed by atoms with van der Waals surface area (Å²) in [5.74, 6) is -0.0731. The van der Waals surface area contributed by atoms with Crippen molar-refractivity contribution in [1.29, 1.82) is 0 Å². The summed E-state index contributed by atoms with van der Waals surface area (Å²) in [4.78, 5) is 34.6. The van der Waals surface area contributed by atoms with E-state index in [1.807, 2.05) is 18.2 Å². The molecule has 0 N–H and O–H groups in total. The van der Waals surface area contributed by atoms with Gasteiger partial charge in [-0.3, -0.25) is 9.59 Å². The number of anilines is 1. The van der Waals surface area contributed by atoms with E-state index in [9.17, 15) is 9.59 Å². The van der Waals surface area contributed by atoms with Gasteiger partial charge in [0.05, 0.1) is 13.2 Å². The summed E-state index contributed by atoms with van der Waals surface area (Å²) >= 11 is 0. The SMILES string of the molecule is COCCN(CCOC)C(=O)C(=O)N1CCN(c2ccccn2)CC1. The van der Waals surface area contributed by atoms with Crippen LogP contribution in [0.3, 0.4) is 0 Å². The first-order valence-electron chi connectivity index (χ1n) is 8.39. The maximum absolute atomic E-state index is 12.5. The first-order chi connectivity index (χ1) is 12.2. The molecule has 1 aliphatic heterocycles. The number of methoxy groups -OCH3 is 2. The maximum Gasteiger partial charge on any atom is 0.312 e. The molecular formula is C17H26N4O4. The molecule has 0 unspecified atom stereocenters. The second-order valence-corrected chi connectivity index (χ2v) is 5.74. The molecule has 0 spiro atoms. The Morgan fingerprint density at radius 3 is 2.24 bits per heavy atom. The molecule has 1 aromatic heterocycles. The van der Waals surface area contributed by atoms with Gasteiger partial charge in [0.1, 0.15) is 5.82 Å². The third-order valence-corrected chi connectivity index (χ3v) is 4.14. The minimum atomic E-state index is -0.500. The fourth-order valence-electron chi connectivity index (χ4n) is 2.67. The maximum atomic E-state index is 12.5. The molecule has 1 saturated heterocycles. The van der Waals surface area contributed by atoms with E-state index in [0.717, 1.165) is 5.82 Å². The molecule has 138 valence electrons. The van der Waals surface area contributed by atoms with Crippen LogP contribution in [0.2, 0.25) is 0 Å². The van der Waals surface area contributed by atoms with Crippen LogP contribution in [0.15, 0.2) is 24.4 Å². The summed E-state index contributed by atoms with van der Waals surface area (Å²) in [5.41, 5.74) is 0. The first-order valence-corrected chi connectivity index (χ1v) is 8.39. The zero-order valence-electron chi connectivity index (χ0n) is 14.9. The summed E-state index contributed by atoms with van der Waals surface area (Å²) in [5, 5.41) is 0. The Labute approximate surface area is 148 Å². The molecule has 25 heavy (non-hydrogen) atoms. The first kappa shape index (κ1) is 19.1. The van der Waals surface area contributed by atoms with E-state index >= 15 is 0 Å². The van der Waals surface area contributed by atoms with Gasteiger partial charge in [-0.05, 0) is 12.1 Å².